The number of nitrogens with zero attached hydrogens (tertiary/aromatic N) is 2. The van der Waals surface area contributed by atoms with Crippen molar-refractivity contribution >= 4 is 11.7 Å². The average molecular weight is 329 g/mol. The predicted molar refractivity (Wildman–Crippen MR) is 96.6 cm³/mol. The maximum absolute atomic E-state index is 12.6. The highest BCUT2D eigenvalue weighted by Gasteiger charge is 2.18. The second-order valence-corrected chi connectivity index (χ2v) is 6.66. The lowest BCUT2D eigenvalue weighted by Gasteiger charge is -2.25. The van der Waals surface area contributed by atoms with Crippen molar-refractivity contribution in [3.8, 4) is 5.75 Å². The van der Waals surface area contributed by atoms with Gasteiger partial charge in [-0.1, -0.05) is 20.3 Å². The minimum Gasteiger partial charge on any atom is -0.488 e. The number of hydrogen-bond donors (Lipinski definition) is 1. The number of carbonyl (C=O) groups excluding carboxylic acids is 1. The molecule has 0 spiro atoms. The van der Waals surface area contributed by atoms with Crippen molar-refractivity contribution in [2.45, 2.75) is 52.6 Å². The van der Waals surface area contributed by atoms with Crippen LogP contribution in [-0.2, 0) is 13.5 Å². The summed E-state index contributed by atoms with van der Waals surface area (Å²) in [5, 5.41) is 7.01. The Bertz CT molecular complexity index is 704. The first-order chi connectivity index (χ1) is 11.3. The molecule has 0 aliphatic carbocycles. The molecular weight excluding hydrogens is 302 g/mol. The van der Waals surface area contributed by atoms with Crippen LogP contribution in [0, 0.1) is 0 Å². The fourth-order valence-electron chi connectivity index (χ4n) is 2.35. The topological polar surface area (TPSA) is 56.1 Å². The second kappa shape index (κ2) is 7.51. The van der Waals surface area contributed by atoms with Gasteiger partial charge in [-0.15, -0.1) is 0 Å². The van der Waals surface area contributed by atoms with E-state index >= 15 is 0 Å². The predicted octanol–water partition coefficient (Wildman–Crippen LogP) is 4.19. The monoisotopic (exact) mass is 329 g/mol. The van der Waals surface area contributed by atoms with Crippen LogP contribution in [0.5, 0.6) is 5.75 Å². The molecule has 1 aromatic carbocycles. The van der Waals surface area contributed by atoms with Crippen molar-refractivity contribution in [2.75, 3.05) is 5.32 Å². The van der Waals surface area contributed by atoms with Gasteiger partial charge in [0.05, 0.1) is 0 Å². The lowest BCUT2D eigenvalue weighted by Crippen LogP contribution is -2.27. The first-order valence-electron chi connectivity index (χ1n) is 8.47. The Morgan fingerprint density at radius 2 is 2.04 bits per heavy atom. The smallest absolute Gasteiger partial charge is 0.257 e. The fourth-order valence-corrected chi connectivity index (χ4v) is 2.35. The van der Waals surface area contributed by atoms with Gasteiger partial charge >= 0.3 is 0 Å². The van der Waals surface area contributed by atoms with Gasteiger partial charge < -0.3 is 10.1 Å². The molecule has 1 N–H and O–H groups in total. The summed E-state index contributed by atoms with van der Waals surface area (Å²) in [6, 6.07) is 7.52. The van der Waals surface area contributed by atoms with Crippen LogP contribution in [0.15, 0.2) is 30.5 Å². The highest BCUT2D eigenvalue weighted by molar-refractivity contribution is 6.04. The summed E-state index contributed by atoms with van der Waals surface area (Å²) >= 11 is 0. The van der Waals surface area contributed by atoms with Crippen LogP contribution in [0.2, 0.25) is 0 Å². The Morgan fingerprint density at radius 3 is 2.62 bits per heavy atom. The first kappa shape index (κ1) is 18.0. The highest BCUT2D eigenvalue weighted by atomic mass is 16.5. The molecule has 2 rings (SSSR count). The van der Waals surface area contributed by atoms with E-state index in [2.05, 4.69) is 24.3 Å². The molecule has 0 saturated carbocycles. The fraction of sp³-hybridized carbons (Fsp3) is 0.474. The molecule has 0 atom stereocenters. The summed E-state index contributed by atoms with van der Waals surface area (Å²) in [4.78, 5) is 12.6. The van der Waals surface area contributed by atoms with E-state index in [0.717, 1.165) is 30.6 Å². The molecule has 130 valence electrons. The zero-order chi connectivity index (χ0) is 17.7. The summed E-state index contributed by atoms with van der Waals surface area (Å²) in [5.74, 6) is 1.10. The molecule has 0 fully saturated rings. The second-order valence-electron chi connectivity index (χ2n) is 6.66. The van der Waals surface area contributed by atoms with Crippen molar-refractivity contribution in [1.29, 1.82) is 0 Å². The first-order valence-corrected chi connectivity index (χ1v) is 8.47. The molecule has 24 heavy (non-hydrogen) atoms. The standard InChI is InChI=1S/C19H27N3O2/c1-6-8-14-11-15(13-16(12-14)24-19(3,4)7-2)18(23)20-17-9-10-22(5)21-17/h9-13H,6-8H2,1-5H3,(H,20,21,23). The van der Waals surface area contributed by atoms with Crippen molar-refractivity contribution < 1.29 is 9.53 Å². The number of carbonyl (C=O) groups is 1. The molecule has 0 radical (unpaired) electrons. The third-order valence-electron chi connectivity index (χ3n) is 3.97. The molecule has 1 amide bonds. The normalized spacial score (nSPS) is 11.4. The van der Waals surface area contributed by atoms with E-state index in [-0.39, 0.29) is 11.5 Å². The molecular formula is C19H27N3O2. The van der Waals surface area contributed by atoms with Gasteiger partial charge in [-0.3, -0.25) is 9.48 Å². The highest BCUT2D eigenvalue weighted by Crippen LogP contribution is 2.25. The van der Waals surface area contributed by atoms with E-state index in [4.69, 9.17) is 4.74 Å². The quantitative estimate of drug-likeness (QED) is 0.828. The van der Waals surface area contributed by atoms with Gasteiger partial charge in [-0.05, 0) is 50.5 Å². The third kappa shape index (κ3) is 4.85. The van der Waals surface area contributed by atoms with Crippen molar-refractivity contribution in [3.05, 3.63) is 41.6 Å². The molecule has 0 bridgehead atoms. The summed E-state index contributed by atoms with van der Waals surface area (Å²) in [7, 11) is 1.82. The van der Waals surface area contributed by atoms with Crippen LogP contribution >= 0.6 is 0 Å². The van der Waals surface area contributed by atoms with E-state index < -0.39 is 0 Å². The molecule has 1 heterocycles. The largest absolute Gasteiger partial charge is 0.488 e. The summed E-state index contributed by atoms with van der Waals surface area (Å²) in [5.41, 5.74) is 1.43. The molecule has 0 saturated heterocycles. The number of ether oxygens (including phenoxy) is 1. The maximum Gasteiger partial charge on any atom is 0.257 e. The zero-order valence-electron chi connectivity index (χ0n) is 15.2. The molecule has 0 aliphatic heterocycles. The SMILES string of the molecule is CCCc1cc(OC(C)(C)CC)cc(C(=O)Nc2ccn(C)n2)c1. The zero-order valence-corrected chi connectivity index (χ0v) is 15.2. The van der Waals surface area contributed by atoms with E-state index in [1.54, 1.807) is 23.0 Å². The van der Waals surface area contributed by atoms with Crippen LogP contribution in [0.1, 0.15) is 56.5 Å². The minimum atomic E-state index is -0.264. The van der Waals surface area contributed by atoms with Gasteiger partial charge in [0.2, 0.25) is 0 Å². The van der Waals surface area contributed by atoms with Crippen LogP contribution in [-0.4, -0.2) is 21.3 Å². The molecule has 0 unspecified atom stereocenters. The van der Waals surface area contributed by atoms with E-state index in [9.17, 15) is 4.79 Å². The Hall–Kier alpha value is -2.30. The van der Waals surface area contributed by atoms with Crippen LogP contribution < -0.4 is 10.1 Å². The van der Waals surface area contributed by atoms with Gasteiger partial charge in [0.1, 0.15) is 11.4 Å². The lowest BCUT2D eigenvalue weighted by atomic mass is 10.0. The van der Waals surface area contributed by atoms with E-state index in [1.807, 2.05) is 33.0 Å². The Morgan fingerprint density at radius 1 is 1.29 bits per heavy atom. The van der Waals surface area contributed by atoms with Gasteiger partial charge in [0.15, 0.2) is 5.82 Å². The lowest BCUT2D eigenvalue weighted by molar-refractivity contribution is 0.100. The number of nitrogens with one attached hydrogen (secondary N) is 1. The van der Waals surface area contributed by atoms with E-state index in [0.29, 0.717) is 11.4 Å². The van der Waals surface area contributed by atoms with Crippen molar-refractivity contribution in [2.24, 2.45) is 7.05 Å². The summed E-state index contributed by atoms with van der Waals surface area (Å²) < 4.78 is 7.74. The molecule has 5 nitrogen and oxygen atoms in total. The minimum absolute atomic E-state index is 0.175. The van der Waals surface area contributed by atoms with Gasteiger partial charge in [-0.2, -0.15) is 5.10 Å². The van der Waals surface area contributed by atoms with Crippen molar-refractivity contribution in [3.63, 3.8) is 0 Å². The molecule has 2 aromatic rings. The Labute approximate surface area is 144 Å². The molecule has 5 heteroatoms. The van der Waals surface area contributed by atoms with Gasteiger partial charge in [0.25, 0.3) is 5.91 Å². The average Bonchev–Trinajstić information content (AvgIpc) is 2.92. The van der Waals surface area contributed by atoms with Gasteiger partial charge in [-0.25, -0.2) is 0 Å². The number of aryl methyl sites for hydroxylation is 2. The summed E-state index contributed by atoms with van der Waals surface area (Å²) in [6.07, 6.45) is 4.61. The van der Waals surface area contributed by atoms with Gasteiger partial charge in [0, 0.05) is 24.9 Å². The number of hydrogen-bond acceptors (Lipinski definition) is 3. The summed E-state index contributed by atoms with van der Waals surface area (Å²) in [6.45, 7) is 8.31. The molecule has 1 aromatic heterocycles. The van der Waals surface area contributed by atoms with E-state index in [1.165, 1.54) is 0 Å². The molecule has 0 aliphatic rings. The number of aromatic nitrogens is 2. The Balaban J connectivity index is 2.26. The van der Waals surface area contributed by atoms with Crippen molar-refractivity contribution in [1.82, 2.24) is 9.78 Å². The maximum atomic E-state index is 12.6. The number of anilines is 1. The number of amides is 1. The van der Waals surface area contributed by atoms with Crippen LogP contribution in [0.3, 0.4) is 0 Å². The van der Waals surface area contributed by atoms with Crippen LogP contribution in [0.4, 0.5) is 5.82 Å². The number of rotatable bonds is 7. The Kier molecular flexibility index (Phi) is 5.65. The third-order valence-corrected chi connectivity index (χ3v) is 3.97. The number of benzene rings is 1. The van der Waals surface area contributed by atoms with Crippen LogP contribution in [0.25, 0.3) is 0 Å².